The minimum atomic E-state index is 0.654. The highest BCUT2D eigenvalue weighted by molar-refractivity contribution is 4.73. The average Bonchev–Trinajstić information content (AvgIpc) is 2.12. The van der Waals surface area contributed by atoms with Crippen LogP contribution in [-0.4, -0.2) is 0 Å². The first-order valence-electron chi connectivity index (χ1n) is 6.18. The Hall–Kier alpha value is 0. The van der Waals surface area contributed by atoms with E-state index in [0.717, 1.165) is 0 Å². The van der Waals surface area contributed by atoms with Crippen LogP contribution in [0, 0.1) is 5.41 Å². The average molecular weight is 184 g/mol. The normalized spacial score (nSPS) is 12.0. The van der Waals surface area contributed by atoms with E-state index in [2.05, 4.69) is 27.7 Å². The first-order valence-corrected chi connectivity index (χ1v) is 6.18. The first-order chi connectivity index (χ1) is 6.18. The van der Waals surface area contributed by atoms with Crippen LogP contribution in [0.25, 0.3) is 0 Å². The summed E-state index contributed by atoms with van der Waals surface area (Å²) < 4.78 is 0. The zero-order valence-corrected chi connectivity index (χ0v) is 10.2. The van der Waals surface area contributed by atoms with E-state index in [-0.39, 0.29) is 0 Å². The number of hydrogen-bond donors (Lipinski definition) is 0. The Kier molecular flexibility index (Phi) is 7.41. The van der Waals surface area contributed by atoms with Crippen molar-refractivity contribution in [3.05, 3.63) is 0 Å². The number of unbranched alkanes of at least 4 members (excludes halogenated alkanes) is 2. The van der Waals surface area contributed by atoms with E-state index in [1.54, 1.807) is 0 Å². The van der Waals surface area contributed by atoms with Crippen LogP contribution in [0.1, 0.15) is 79.1 Å². The van der Waals surface area contributed by atoms with Gasteiger partial charge >= 0.3 is 0 Å². The molecule has 0 bridgehead atoms. The molecule has 0 aliphatic heterocycles. The van der Waals surface area contributed by atoms with Crippen LogP contribution < -0.4 is 0 Å². The van der Waals surface area contributed by atoms with Crippen molar-refractivity contribution in [1.82, 2.24) is 0 Å². The van der Waals surface area contributed by atoms with Gasteiger partial charge in [0.05, 0.1) is 0 Å². The zero-order valence-electron chi connectivity index (χ0n) is 10.2. The highest BCUT2D eigenvalue weighted by atomic mass is 14.3. The van der Waals surface area contributed by atoms with Crippen LogP contribution in [-0.2, 0) is 0 Å². The molecule has 0 aliphatic rings. The van der Waals surface area contributed by atoms with Gasteiger partial charge in [-0.1, -0.05) is 59.8 Å². The zero-order chi connectivity index (χ0) is 10.2. The molecule has 80 valence electrons. The first kappa shape index (κ1) is 13.0. The van der Waals surface area contributed by atoms with Gasteiger partial charge in [-0.15, -0.1) is 0 Å². The quantitative estimate of drug-likeness (QED) is 0.488. The molecule has 0 atom stereocenters. The van der Waals surface area contributed by atoms with Crippen LogP contribution in [0.15, 0.2) is 0 Å². The molecule has 0 aromatic heterocycles. The molecule has 0 rings (SSSR count). The smallest absolute Gasteiger partial charge is 0.0326 e. The van der Waals surface area contributed by atoms with Crippen molar-refractivity contribution in [2.45, 2.75) is 79.1 Å². The van der Waals surface area contributed by atoms with Gasteiger partial charge in [0, 0.05) is 0 Å². The monoisotopic (exact) mass is 184 g/mol. The molecule has 0 nitrogen and oxygen atoms in total. The lowest BCUT2D eigenvalue weighted by Gasteiger charge is -2.29. The second-order valence-electron chi connectivity index (χ2n) is 4.77. The van der Waals surface area contributed by atoms with Gasteiger partial charge in [0.25, 0.3) is 0 Å². The SMILES string of the molecule is CCCCC(C)(CCC)CCCC. The van der Waals surface area contributed by atoms with E-state index >= 15 is 0 Å². The van der Waals surface area contributed by atoms with Crippen molar-refractivity contribution in [1.29, 1.82) is 0 Å². The summed E-state index contributed by atoms with van der Waals surface area (Å²) in [5.41, 5.74) is 0.654. The molecule has 0 unspecified atom stereocenters. The molecule has 0 aromatic rings. The predicted molar refractivity (Wildman–Crippen MR) is 62.1 cm³/mol. The Morgan fingerprint density at radius 1 is 0.692 bits per heavy atom. The van der Waals surface area contributed by atoms with Crippen LogP contribution in [0.3, 0.4) is 0 Å². The molecular weight excluding hydrogens is 156 g/mol. The fourth-order valence-corrected chi connectivity index (χ4v) is 2.19. The Labute approximate surface area is 85.1 Å². The van der Waals surface area contributed by atoms with E-state index < -0.39 is 0 Å². The highest BCUT2D eigenvalue weighted by Crippen LogP contribution is 2.35. The summed E-state index contributed by atoms with van der Waals surface area (Å²) in [7, 11) is 0. The maximum atomic E-state index is 2.49. The molecule has 0 heterocycles. The van der Waals surface area contributed by atoms with Gasteiger partial charge in [0.15, 0.2) is 0 Å². The Bertz CT molecular complexity index is 96.6. The van der Waals surface area contributed by atoms with Crippen molar-refractivity contribution < 1.29 is 0 Å². The second kappa shape index (κ2) is 7.41. The molecular formula is C13H28. The van der Waals surface area contributed by atoms with Crippen molar-refractivity contribution in [3.8, 4) is 0 Å². The van der Waals surface area contributed by atoms with Gasteiger partial charge in [-0.2, -0.15) is 0 Å². The lowest BCUT2D eigenvalue weighted by molar-refractivity contribution is 0.233. The Morgan fingerprint density at radius 3 is 1.46 bits per heavy atom. The fraction of sp³-hybridized carbons (Fsp3) is 1.00. The minimum absolute atomic E-state index is 0.654. The summed E-state index contributed by atoms with van der Waals surface area (Å²) in [6.07, 6.45) is 11.2. The molecule has 0 N–H and O–H groups in total. The molecule has 13 heavy (non-hydrogen) atoms. The van der Waals surface area contributed by atoms with Crippen molar-refractivity contribution >= 4 is 0 Å². The van der Waals surface area contributed by atoms with Gasteiger partial charge in [-0.25, -0.2) is 0 Å². The summed E-state index contributed by atoms with van der Waals surface area (Å²) in [5, 5.41) is 0. The predicted octanol–water partition coefficient (Wildman–Crippen LogP) is 5.17. The van der Waals surface area contributed by atoms with Gasteiger partial charge in [0.2, 0.25) is 0 Å². The molecule has 0 heteroatoms. The molecule has 0 amide bonds. The Morgan fingerprint density at radius 2 is 1.15 bits per heavy atom. The number of rotatable bonds is 8. The second-order valence-corrected chi connectivity index (χ2v) is 4.77. The molecule has 0 aromatic carbocycles. The molecule has 0 saturated carbocycles. The molecule has 0 radical (unpaired) electrons. The topological polar surface area (TPSA) is 0 Å². The van der Waals surface area contributed by atoms with Gasteiger partial charge in [0.1, 0.15) is 0 Å². The third-order valence-electron chi connectivity index (χ3n) is 3.12. The van der Waals surface area contributed by atoms with Gasteiger partial charge in [-0.3, -0.25) is 0 Å². The number of hydrogen-bond acceptors (Lipinski definition) is 0. The van der Waals surface area contributed by atoms with Crippen LogP contribution in [0.2, 0.25) is 0 Å². The van der Waals surface area contributed by atoms with E-state index in [1.165, 1.54) is 51.4 Å². The van der Waals surface area contributed by atoms with E-state index in [0.29, 0.717) is 5.41 Å². The largest absolute Gasteiger partial charge is 0.0654 e. The standard InChI is InChI=1S/C13H28/c1-5-8-11-13(4,10-7-3)12-9-6-2/h5-12H2,1-4H3. The van der Waals surface area contributed by atoms with Gasteiger partial charge < -0.3 is 0 Å². The van der Waals surface area contributed by atoms with Crippen molar-refractivity contribution in [3.63, 3.8) is 0 Å². The summed E-state index contributed by atoms with van der Waals surface area (Å²) in [4.78, 5) is 0. The maximum absolute atomic E-state index is 2.49. The third-order valence-corrected chi connectivity index (χ3v) is 3.12. The summed E-state index contributed by atoms with van der Waals surface area (Å²) in [6.45, 7) is 9.40. The van der Waals surface area contributed by atoms with Crippen LogP contribution >= 0.6 is 0 Å². The maximum Gasteiger partial charge on any atom is -0.0326 e. The third kappa shape index (κ3) is 6.12. The fourth-order valence-electron chi connectivity index (χ4n) is 2.19. The van der Waals surface area contributed by atoms with E-state index in [9.17, 15) is 0 Å². The lowest BCUT2D eigenvalue weighted by Crippen LogP contribution is -2.15. The van der Waals surface area contributed by atoms with Gasteiger partial charge in [-0.05, 0) is 24.7 Å². The summed E-state index contributed by atoms with van der Waals surface area (Å²) >= 11 is 0. The molecule has 0 spiro atoms. The van der Waals surface area contributed by atoms with E-state index in [4.69, 9.17) is 0 Å². The Balaban J connectivity index is 3.84. The molecule has 0 aliphatic carbocycles. The molecule has 0 fully saturated rings. The van der Waals surface area contributed by atoms with Crippen molar-refractivity contribution in [2.24, 2.45) is 5.41 Å². The highest BCUT2D eigenvalue weighted by Gasteiger charge is 2.21. The molecule has 0 saturated heterocycles. The van der Waals surface area contributed by atoms with Crippen molar-refractivity contribution in [2.75, 3.05) is 0 Å². The lowest BCUT2D eigenvalue weighted by atomic mass is 9.77. The van der Waals surface area contributed by atoms with Crippen LogP contribution in [0.4, 0.5) is 0 Å². The minimum Gasteiger partial charge on any atom is -0.0654 e. The van der Waals surface area contributed by atoms with E-state index in [1.807, 2.05) is 0 Å². The summed E-state index contributed by atoms with van der Waals surface area (Å²) in [6, 6.07) is 0. The van der Waals surface area contributed by atoms with Crippen LogP contribution in [0.5, 0.6) is 0 Å². The summed E-state index contributed by atoms with van der Waals surface area (Å²) in [5.74, 6) is 0.